The Bertz CT molecular complexity index is 1410. The quantitative estimate of drug-likeness (QED) is 0.369. The number of benzene rings is 3. The minimum Gasteiger partial charge on any atom is -0.313 e. The van der Waals surface area contributed by atoms with E-state index in [1.54, 1.807) is 0 Å². The summed E-state index contributed by atoms with van der Waals surface area (Å²) in [5.41, 5.74) is 4.69. The standard InChI is InChI=1S/C20H13N3S/c1-22-14-7-3-4-8-15(14)23-19-13(21-20(22)23)10-11-17-18(19)12-6-2-5-9-16(12)24-17/h2-11H,1H3. The maximum atomic E-state index is 4.92. The largest absolute Gasteiger partial charge is 0.313 e. The second-order valence-corrected chi connectivity index (χ2v) is 7.28. The number of imidazole rings is 2. The van der Waals surface area contributed by atoms with E-state index in [1.807, 2.05) is 11.3 Å². The molecule has 0 aliphatic heterocycles. The van der Waals surface area contributed by atoms with Crippen molar-refractivity contribution >= 4 is 59.4 Å². The average molecular weight is 327 g/mol. The topological polar surface area (TPSA) is 22.2 Å². The van der Waals surface area contributed by atoms with E-state index in [-0.39, 0.29) is 0 Å². The third-order valence-electron chi connectivity index (χ3n) is 4.92. The number of fused-ring (bicyclic) bond motifs is 9. The fourth-order valence-corrected chi connectivity index (χ4v) is 4.97. The van der Waals surface area contributed by atoms with E-state index in [4.69, 9.17) is 4.98 Å². The van der Waals surface area contributed by atoms with Crippen LogP contribution in [0.3, 0.4) is 0 Å². The molecule has 0 aliphatic carbocycles. The molecule has 0 amide bonds. The number of thiophene rings is 1. The van der Waals surface area contributed by atoms with Gasteiger partial charge in [-0.3, -0.25) is 4.40 Å². The highest BCUT2D eigenvalue weighted by Gasteiger charge is 2.17. The van der Waals surface area contributed by atoms with Crippen LogP contribution in [0.25, 0.3) is 48.0 Å². The summed E-state index contributed by atoms with van der Waals surface area (Å²) in [4.78, 5) is 4.92. The van der Waals surface area contributed by atoms with Gasteiger partial charge in [-0.2, -0.15) is 0 Å². The van der Waals surface area contributed by atoms with Crippen LogP contribution in [0.15, 0.2) is 60.7 Å². The van der Waals surface area contributed by atoms with Gasteiger partial charge in [0.2, 0.25) is 5.78 Å². The van der Waals surface area contributed by atoms with E-state index in [0.717, 1.165) is 11.3 Å². The van der Waals surface area contributed by atoms with Crippen molar-refractivity contribution in [2.24, 2.45) is 7.05 Å². The second-order valence-electron chi connectivity index (χ2n) is 6.20. The number of hydrogen-bond donors (Lipinski definition) is 0. The summed E-state index contributed by atoms with van der Waals surface area (Å²) in [6.45, 7) is 0. The SMILES string of the molecule is Cn1c2ccccc2n2c3c(ccc4sc5ccccc5c43)nc12. The van der Waals surface area contributed by atoms with Crippen molar-refractivity contribution in [2.45, 2.75) is 0 Å². The van der Waals surface area contributed by atoms with Crippen LogP contribution in [0.5, 0.6) is 0 Å². The summed E-state index contributed by atoms with van der Waals surface area (Å²) in [5.74, 6) is 0.994. The normalized spacial score (nSPS) is 12.4. The van der Waals surface area contributed by atoms with Gasteiger partial charge < -0.3 is 4.57 Å². The van der Waals surface area contributed by atoms with Gasteiger partial charge in [0.1, 0.15) is 0 Å². The zero-order valence-corrected chi connectivity index (χ0v) is 13.8. The van der Waals surface area contributed by atoms with Crippen molar-refractivity contribution in [1.82, 2.24) is 14.0 Å². The van der Waals surface area contributed by atoms with Crippen LogP contribution < -0.4 is 0 Å². The summed E-state index contributed by atoms with van der Waals surface area (Å²) in [6.07, 6.45) is 0. The Labute approximate surface area is 141 Å². The van der Waals surface area contributed by atoms with Gasteiger partial charge in [0.25, 0.3) is 0 Å². The number of nitrogens with zero attached hydrogens (tertiary/aromatic N) is 3. The molecule has 0 atom stereocenters. The first kappa shape index (κ1) is 12.6. The smallest absolute Gasteiger partial charge is 0.215 e. The molecule has 3 aromatic carbocycles. The molecule has 3 nitrogen and oxygen atoms in total. The molecule has 24 heavy (non-hydrogen) atoms. The number of aromatic nitrogens is 3. The Kier molecular flexibility index (Phi) is 2.18. The van der Waals surface area contributed by atoms with Crippen LogP contribution in [0.4, 0.5) is 0 Å². The van der Waals surface area contributed by atoms with Crippen LogP contribution in [-0.2, 0) is 7.05 Å². The van der Waals surface area contributed by atoms with Crippen molar-refractivity contribution in [1.29, 1.82) is 0 Å². The van der Waals surface area contributed by atoms with Gasteiger partial charge in [-0.25, -0.2) is 4.98 Å². The fraction of sp³-hybridized carbons (Fsp3) is 0.0500. The molecule has 0 spiro atoms. The maximum absolute atomic E-state index is 4.92. The van der Waals surface area contributed by atoms with Gasteiger partial charge in [0.05, 0.1) is 22.1 Å². The van der Waals surface area contributed by atoms with Crippen molar-refractivity contribution in [3.8, 4) is 0 Å². The average Bonchev–Trinajstić information content (AvgIpc) is 3.25. The van der Waals surface area contributed by atoms with Gasteiger partial charge in [-0.1, -0.05) is 30.3 Å². The van der Waals surface area contributed by atoms with E-state index >= 15 is 0 Å². The lowest BCUT2D eigenvalue weighted by molar-refractivity contribution is 0.974. The Morgan fingerprint density at radius 1 is 0.833 bits per heavy atom. The molecular weight excluding hydrogens is 314 g/mol. The third kappa shape index (κ3) is 1.36. The van der Waals surface area contributed by atoms with Gasteiger partial charge in [-0.15, -0.1) is 11.3 Å². The monoisotopic (exact) mass is 327 g/mol. The van der Waals surface area contributed by atoms with Crippen molar-refractivity contribution in [2.75, 3.05) is 0 Å². The molecular formula is C20H13N3S. The molecule has 0 unspecified atom stereocenters. The molecule has 3 aromatic heterocycles. The molecule has 4 heteroatoms. The summed E-state index contributed by atoms with van der Waals surface area (Å²) >= 11 is 1.85. The molecule has 6 rings (SSSR count). The Balaban J connectivity index is 2.02. The number of hydrogen-bond acceptors (Lipinski definition) is 2. The van der Waals surface area contributed by atoms with Crippen LogP contribution in [0, 0.1) is 0 Å². The molecule has 0 aliphatic rings. The van der Waals surface area contributed by atoms with Gasteiger partial charge >= 0.3 is 0 Å². The van der Waals surface area contributed by atoms with Crippen LogP contribution in [0.1, 0.15) is 0 Å². The first-order valence-corrected chi connectivity index (χ1v) is 8.80. The van der Waals surface area contributed by atoms with E-state index in [2.05, 4.69) is 76.7 Å². The molecule has 0 N–H and O–H groups in total. The van der Waals surface area contributed by atoms with Gasteiger partial charge in [0, 0.05) is 27.2 Å². The van der Waals surface area contributed by atoms with E-state index in [9.17, 15) is 0 Å². The second kappa shape index (κ2) is 4.16. The number of para-hydroxylation sites is 2. The summed E-state index contributed by atoms with van der Waals surface area (Å²) in [7, 11) is 2.09. The van der Waals surface area contributed by atoms with E-state index < -0.39 is 0 Å². The zero-order valence-electron chi connectivity index (χ0n) is 13.0. The molecule has 0 bridgehead atoms. The minimum atomic E-state index is 0.994. The first-order chi connectivity index (χ1) is 11.8. The highest BCUT2D eigenvalue weighted by atomic mass is 32.1. The Morgan fingerprint density at radius 3 is 2.54 bits per heavy atom. The van der Waals surface area contributed by atoms with E-state index in [1.165, 1.54) is 36.7 Å². The summed E-state index contributed by atoms with van der Waals surface area (Å²) in [6, 6.07) is 21.5. The maximum Gasteiger partial charge on any atom is 0.215 e. The van der Waals surface area contributed by atoms with Crippen LogP contribution >= 0.6 is 11.3 Å². The van der Waals surface area contributed by atoms with Crippen molar-refractivity contribution in [3.63, 3.8) is 0 Å². The highest BCUT2D eigenvalue weighted by Crippen LogP contribution is 2.39. The minimum absolute atomic E-state index is 0.994. The third-order valence-corrected chi connectivity index (χ3v) is 6.06. The predicted octanol–water partition coefficient (Wildman–Crippen LogP) is 5.35. The highest BCUT2D eigenvalue weighted by molar-refractivity contribution is 7.26. The summed E-state index contributed by atoms with van der Waals surface area (Å²) in [5, 5.41) is 2.63. The van der Waals surface area contributed by atoms with Crippen LogP contribution in [0.2, 0.25) is 0 Å². The molecule has 114 valence electrons. The molecule has 0 saturated carbocycles. The molecule has 0 saturated heterocycles. The molecule has 6 aromatic rings. The lowest BCUT2D eigenvalue weighted by atomic mass is 10.1. The van der Waals surface area contributed by atoms with Crippen molar-refractivity contribution in [3.05, 3.63) is 60.7 Å². The van der Waals surface area contributed by atoms with Gasteiger partial charge in [-0.05, 0) is 30.3 Å². The lowest BCUT2D eigenvalue weighted by Crippen LogP contribution is -1.87. The Hall–Kier alpha value is -2.85. The Morgan fingerprint density at radius 2 is 1.62 bits per heavy atom. The zero-order chi connectivity index (χ0) is 15.8. The first-order valence-electron chi connectivity index (χ1n) is 7.99. The fourth-order valence-electron chi connectivity index (χ4n) is 3.86. The number of rotatable bonds is 0. The number of aryl methyl sites for hydroxylation is 1. The molecule has 0 radical (unpaired) electrons. The lowest BCUT2D eigenvalue weighted by Gasteiger charge is -1.98. The predicted molar refractivity (Wildman–Crippen MR) is 102 cm³/mol. The summed E-state index contributed by atoms with van der Waals surface area (Å²) < 4.78 is 7.13. The molecule has 3 heterocycles. The van der Waals surface area contributed by atoms with Gasteiger partial charge in [0.15, 0.2) is 0 Å². The van der Waals surface area contributed by atoms with Crippen LogP contribution in [-0.4, -0.2) is 14.0 Å². The van der Waals surface area contributed by atoms with E-state index in [0.29, 0.717) is 0 Å². The molecule has 0 fully saturated rings. The van der Waals surface area contributed by atoms with Crippen molar-refractivity contribution < 1.29 is 0 Å².